The Kier molecular flexibility index (Phi) is 9.95. The number of ether oxygens (including phenoxy) is 2. The standard InChI is InChI=1S/C23H34NO8P/c1-6-31-33(28,32-7-2)13-12-24-19(25)11-9-15(3)8-10-17-21(26)20-18(14-30-23(20)27)16(4)22(17)29-5/h8,26H,6-7,9-14H2,1-5H3,(H,24,25)/b15-8+. The molecule has 184 valence electrons. The van der Waals surface area contributed by atoms with Crippen molar-refractivity contribution in [2.45, 2.75) is 53.6 Å². The molecule has 0 aromatic heterocycles. The first-order valence-electron chi connectivity index (χ1n) is 11.1. The van der Waals surface area contributed by atoms with Gasteiger partial charge < -0.3 is 28.9 Å². The number of esters is 1. The van der Waals surface area contributed by atoms with Crippen LogP contribution in [0.5, 0.6) is 11.5 Å². The van der Waals surface area contributed by atoms with Gasteiger partial charge in [-0.15, -0.1) is 0 Å². The molecule has 0 saturated carbocycles. The smallest absolute Gasteiger partial charge is 0.342 e. The monoisotopic (exact) mass is 483 g/mol. The Morgan fingerprint density at radius 2 is 1.91 bits per heavy atom. The van der Waals surface area contributed by atoms with Gasteiger partial charge in [0.25, 0.3) is 0 Å². The first-order chi connectivity index (χ1) is 15.7. The molecule has 1 heterocycles. The number of fused-ring (bicyclic) bond motifs is 1. The first kappa shape index (κ1) is 26.9. The summed E-state index contributed by atoms with van der Waals surface area (Å²) in [4.78, 5) is 24.2. The maximum absolute atomic E-state index is 12.4. The minimum atomic E-state index is -3.18. The van der Waals surface area contributed by atoms with Crippen molar-refractivity contribution in [3.05, 3.63) is 33.9 Å². The van der Waals surface area contributed by atoms with E-state index in [9.17, 15) is 19.3 Å². The number of carbonyl (C=O) groups excluding carboxylic acids is 2. The summed E-state index contributed by atoms with van der Waals surface area (Å²) in [6, 6.07) is 0. The number of phenols is 1. The molecule has 1 aromatic carbocycles. The van der Waals surface area contributed by atoms with E-state index in [0.717, 1.165) is 11.1 Å². The van der Waals surface area contributed by atoms with Gasteiger partial charge in [0.1, 0.15) is 23.7 Å². The SMILES string of the molecule is CCOP(=O)(CCNC(=O)CC/C(C)=C/Cc1c(O)c2c(c(C)c1OC)COC2=O)OCC. The van der Waals surface area contributed by atoms with Gasteiger partial charge in [-0.05, 0) is 46.1 Å². The van der Waals surface area contributed by atoms with Gasteiger partial charge in [0.05, 0.1) is 26.5 Å². The third-order valence-electron chi connectivity index (χ3n) is 5.41. The van der Waals surface area contributed by atoms with E-state index in [2.05, 4.69) is 5.32 Å². The summed E-state index contributed by atoms with van der Waals surface area (Å²) < 4.78 is 33.4. The quantitative estimate of drug-likeness (QED) is 0.245. The molecule has 0 unspecified atom stereocenters. The maximum Gasteiger partial charge on any atom is 0.342 e. The number of amides is 1. The fourth-order valence-corrected chi connectivity index (χ4v) is 5.20. The highest BCUT2D eigenvalue weighted by molar-refractivity contribution is 7.53. The molecule has 1 aliphatic rings. The molecular formula is C23H34NO8P. The van der Waals surface area contributed by atoms with Gasteiger partial charge in [-0.3, -0.25) is 9.36 Å². The predicted molar refractivity (Wildman–Crippen MR) is 124 cm³/mol. The molecule has 1 aromatic rings. The molecule has 0 aliphatic carbocycles. The van der Waals surface area contributed by atoms with Crippen LogP contribution < -0.4 is 10.1 Å². The normalized spacial score (nSPS) is 13.6. The topological polar surface area (TPSA) is 120 Å². The Morgan fingerprint density at radius 1 is 1.24 bits per heavy atom. The third kappa shape index (κ3) is 6.82. The van der Waals surface area contributed by atoms with Crippen LogP contribution in [-0.4, -0.2) is 50.0 Å². The number of rotatable bonds is 13. The van der Waals surface area contributed by atoms with Crippen molar-refractivity contribution in [3.63, 3.8) is 0 Å². The number of benzene rings is 1. The van der Waals surface area contributed by atoms with Crippen molar-refractivity contribution in [2.75, 3.05) is 33.0 Å². The summed E-state index contributed by atoms with van der Waals surface area (Å²) in [5.74, 6) is -0.298. The zero-order chi connectivity index (χ0) is 24.6. The van der Waals surface area contributed by atoms with Gasteiger partial charge in [-0.2, -0.15) is 0 Å². The average molecular weight is 483 g/mol. The van der Waals surface area contributed by atoms with Gasteiger partial charge in [0.15, 0.2) is 0 Å². The summed E-state index contributed by atoms with van der Waals surface area (Å²) in [7, 11) is -1.66. The summed E-state index contributed by atoms with van der Waals surface area (Å²) in [6.07, 6.45) is 3.13. The molecular weight excluding hydrogens is 449 g/mol. The maximum atomic E-state index is 12.4. The number of allylic oxidation sites excluding steroid dienone is 2. The van der Waals surface area contributed by atoms with Gasteiger partial charge in [-0.1, -0.05) is 11.6 Å². The van der Waals surface area contributed by atoms with E-state index in [-0.39, 0.29) is 56.2 Å². The largest absolute Gasteiger partial charge is 0.507 e. The van der Waals surface area contributed by atoms with Crippen molar-refractivity contribution >= 4 is 19.5 Å². The van der Waals surface area contributed by atoms with Crippen molar-refractivity contribution in [1.82, 2.24) is 5.32 Å². The second-order valence-electron chi connectivity index (χ2n) is 7.69. The van der Waals surface area contributed by atoms with E-state index in [1.165, 1.54) is 7.11 Å². The zero-order valence-electron chi connectivity index (χ0n) is 20.0. The van der Waals surface area contributed by atoms with Crippen molar-refractivity contribution in [2.24, 2.45) is 0 Å². The van der Waals surface area contributed by atoms with Crippen LogP contribution in [0.4, 0.5) is 0 Å². The highest BCUT2D eigenvalue weighted by Gasteiger charge is 2.31. The summed E-state index contributed by atoms with van der Waals surface area (Å²) >= 11 is 0. The lowest BCUT2D eigenvalue weighted by atomic mass is 9.94. The Labute approximate surface area is 195 Å². The van der Waals surface area contributed by atoms with E-state index in [1.807, 2.05) is 19.9 Å². The second kappa shape index (κ2) is 12.2. The molecule has 1 aliphatic heterocycles. The Morgan fingerprint density at radius 3 is 2.52 bits per heavy atom. The molecule has 0 saturated heterocycles. The molecule has 33 heavy (non-hydrogen) atoms. The molecule has 0 atom stereocenters. The zero-order valence-corrected chi connectivity index (χ0v) is 20.9. The Hall–Kier alpha value is -2.35. The number of nitrogens with one attached hydrogen (secondary N) is 1. The van der Waals surface area contributed by atoms with Gasteiger partial charge in [-0.25, -0.2) is 4.79 Å². The highest BCUT2D eigenvalue weighted by atomic mass is 31.2. The van der Waals surface area contributed by atoms with Crippen LogP contribution in [0, 0.1) is 6.92 Å². The average Bonchev–Trinajstić information content (AvgIpc) is 3.16. The molecule has 0 spiro atoms. The lowest BCUT2D eigenvalue weighted by molar-refractivity contribution is -0.120. The molecule has 0 radical (unpaired) electrons. The molecule has 10 heteroatoms. The molecule has 2 N–H and O–H groups in total. The van der Waals surface area contributed by atoms with E-state index in [4.69, 9.17) is 18.5 Å². The number of phenolic OH excluding ortho intramolecular Hbond substituents is 1. The lowest BCUT2D eigenvalue weighted by Gasteiger charge is -2.17. The summed E-state index contributed by atoms with van der Waals surface area (Å²) in [6.45, 7) is 8.09. The number of carbonyl (C=O) groups is 2. The fourth-order valence-electron chi connectivity index (χ4n) is 3.70. The predicted octanol–water partition coefficient (Wildman–Crippen LogP) is 4.03. The second-order valence-corrected chi connectivity index (χ2v) is 9.88. The van der Waals surface area contributed by atoms with Crippen LogP contribution in [0.2, 0.25) is 0 Å². The summed E-state index contributed by atoms with van der Waals surface area (Å²) in [5.41, 5.74) is 3.08. The number of hydrogen-bond acceptors (Lipinski definition) is 8. The van der Waals surface area contributed by atoms with Crippen LogP contribution in [0.1, 0.15) is 60.7 Å². The third-order valence-corrected chi connectivity index (χ3v) is 7.48. The Bertz CT molecular complexity index is 947. The number of cyclic esters (lactones) is 1. The van der Waals surface area contributed by atoms with E-state index in [1.54, 1.807) is 13.8 Å². The van der Waals surface area contributed by atoms with Gasteiger partial charge in [0, 0.05) is 24.1 Å². The molecule has 0 bridgehead atoms. The first-order valence-corrected chi connectivity index (χ1v) is 12.8. The van der Waals surface area contributed by atoms with Crippen LogP contribution in [0.3, 0.4) is 0 Å². The van der Waals surface area contributed by atoms with E-state index >= 15 is 0 Å². The number of methoxy groups -OCH3 is 1. The minimum absolute atomic E-state index is 0.119. The molecule has 1 amide bonds. The van der Waals surface area contributed by atoms with Crippen LogP contribution in [0.25, 0.3) is 0 Å². The number of aromatic hydroxyl groups is 1. The van der Waals surface area contributed by atoms with E-state index in [0.29, 0.717) is 29.7 Å². The molecule has 0 fully saturated rings. The minimum Gasteiger partial charge on any atom is -0.507 e. The van der Waals surface area contributed by atoms with Gasteiger partial charge >= 0.3 is 13.6 Å². The Balaban J connectivity index is 1.94. The van der Waals surface area contributed by atoms with Crippen molar-refractivity contribution in [1.29, 1.82) is 0 Å². The lowest BCUT2D eigenvalue weighted by Crippen LogP contribution is -2.26. The van der Waals surface area contributed by atoms with Crippen LogP contribution in [0.15, 0.2) is 11.6 Å². The van der Waals surface area contributed by atoms with Crippen LogP contribution in [-0.2, 0) is 36.2 Å². The highest BCUT2D eigenvalue weighted by Crippen LogP contribution is 2.47. The molecule has 2 rings (SSSR count). The van der Waals surface area contributed by atoms with Crippen LogP contribution >= 0.6 is 7.60 Å². The number of hydrogen-bond donors (Lipinski definition) is 2. The van der Waals surface area contributed by atoms with Crippen molar-refractivity contribution in [3.8, 4) is 11.5 Å². The summed E-state index contributed by atoms with van der Waals surface area (Å²) in [5, 5.41) is 13.4. The van der Waals surface area contributed by atoms with Crippen molar-refractivity contribution < 1.29 is 37.8 Å². The fraction of sp³-hybridized carbons (Fsp3) is 0.565. The van der Waals surface area contributed by atoms with Gasteiger partial charge in [0.2, 0.25) is 5.91 Å². The molecule has 9 nitrogen and oxygen atoms in total. The van der Waals surface area contributed by atoms with E-state index < -0.39 is 13.6 Å².